The number of hydrogen-bond donors (Lipinski definition) is 0. The lowest BCUT2D eigenvalue weighted by Gasteiger charge is -2.17. The molecular weight excluding hydrogens is 460 g/mol. The van der Waals surface area contributed by atoms with Crippen LogP contribution in [0.2, 0.25) is 0 Å². The summed E-state index contributed by atoms with van der Waals surface area (Å²) < 4.78 is 5.43. The highest BCUT2D eigenvalue weighted by Gasteiger charge is 2.30. The monoisotopic (exact) mass is 504 g/mol. The van der Waals surface area contributed by atoms with Gasteiger partial charge in [-0.2, -0.15) is 0 Å². The number of unbranched alkanes of at least 4 members (excludes halogenated alkanes) is 15. The number of fused-ring (bicyclic) bond motifs is 2. The van der Waals surface area contributed by atoms with Crippen molar-refractivity contribution in [1.29, 1.82) is 0 Å². The second-order valence-electron chi connectivity index (χ2n) is 10.4. The third-order valence-electron chi connectivity index (χ3n) is 7.39. The lowest BCUT2D eigenvalue weighted by Crippen LogP contribution is -2.21. The Kier molecular flexibility index (Phi) is 12.6. The highest BCUT2D eigenvalue weighted by molar-refractivity contribution is 6.28. The first-order valence-electron chi connectivity index (χ1n) is 14.6. The second kappa shape index (κ2) is 16.2. The van der Waals surface area contributed by atoms with Gasteiger partial charge in [-0.15, -0.1) is 0 Å². The van der Waals surface area contributed by atoms with E-state index < -0.39 is 5.97 Å². The Labute approximate surface area is 223 Å². The molecule has 0 bridgehead atoms. The van der Waals surface area contributed by atoms with Crippen molar-refractivity contribution in [3.05, 3.63) is 70.3 Å². The van der Waals surface area contributed by atoms with Crippen molar-refractivity contribution in [3.63, 3.8) is 0 Å². The van der Waals surface area contributed by atoms with Crippen LogP contribution in [-0.2, 0) is 4.74 Å². The molecule has 200 valence electrons. The molecule has 0 atom stereocenters. The predicted octanol–water partition coefficient (Wildman–Crippen LogP) is 8.88. The smallest absolute Gasteiger partial charge is 0.338 e. The van der Waals surface area contributed by atoms with Crippen molar-refractivity contribution >= 4 is 17.5 Å². The number of rotatable bonds is 18. The molecule has 1 aliphatic rings. The number of ketones is 2. The Morgan fingerprint density at radius 1 is 0.568 bits per heavy atom. The van der Waals surface area contributed by atoms with Crippen molar-refractivity contribution in [2.24, 2.45) is 0 Å². The van der Waals surface area contributed by atoms with E-state index in [0.29, 0.717) is 28.9 Å². The maximum absolute atomic E-state index is 12.9. The quantitative estimate of drug-likeness (QED) is 0.128. The van der Waals surface area contributed by atoms with Crippen LogP contribution in [0.1, 0.15) is 152 Å². The Bertz CT molecular complexity index is 1020. The van der Waals surface area contributed by atoms with Gasteiger partial charge in [0.25, 0.3) is 0 Å². The average Bonchev–Trinajstić information content (AvgIpc) is 2.93. The summed E-state index contributed by atoms with van der Waals surface area (Å²) >= 11 is 0. The van der Waals surface area contributed by atoms with Crippen molar-refractivity contribution in [2.45, 2.75) is 110 Å². The minimum Gasteiger partial charge on any atom is -0.462 e. The van der Waals surface area contributed by atoms with Crippen LogP contribution in [0.5, 0.6) is 0 Å². The van der Waals surface area contributed by atoms with Crippen LogP contribution in [0.25, 0.3) is 0 Å². The van der Waals surface area contributed by atoms with Crippen LogP contribution in [0, 0.1) is 0 Å². The molecule has 0 unspecified atom stereocenters. The van der Waals surface area contributed by atoms with Crippen LogP contribution < -0.4 is 0 Å². The molecule has 0 saturated carbocycles. The summed E-state index contributed by atoms with van der Waals surface area (Å²) in [6, 6.07) is 11.5. The van der Waals surface area contributed by atoms with Crippen LogP contribution in [0.4, 0.5) is 0 Å². The van der Waals surface area contributed by atoms with Gasteiger partial charge in [-0.05, 0) is 24.6 Å². The normalized spacial score (nSPS) is 12.4. The number of hydrogen-bond acceptors (Lipinski definition) is 4. The van der Waals surface area contributed by atoms with Gasteiger partial charge in [-0.25, -0.2) is 4.79 Å². The van der Waals surface area contributed by atoms with E-state index in [2.05, 4.69) is 6.92 Å². The molecule has 0 heterocycles. The fraction of sp³-hybridized carbons (Fsp3) is 0.545. The lowest BCUT2D eigenvalue weighted by molar-refractivity contribution is 0.0497. The van der Waals surface area contributed by atoms with E-state index in [1.165, 1.54) is 96.0 Å². The maximum atomic E-state index is 12.9. The van der Waals surface area contributed by atoms with Gasteiger partial charge in [0.15, 0.2) is 11.6 Å². The van der Waals surface area contributed by atoms with E-state index in [0.717, 1.165) is 12.8 Å². The van der Waals surface area contributed by atoms with Gasteiger partial charge in [0.1, 0.15) is 0 Å². The van der Waals surface area contributed by atoms with Gasteiger partial charge in [0.2, 0.25) is 0 Å². The van der Waals surface area contributed by atoms with Gasteiger partial charge in [-0.1, -0.05) is 128 Å². The van der Waals surface area contributed by atoms with E-state index in [-0.39, 0.29) is 17.1 Å². The molecule has 2 aromatic rings. The maximum Gasteiger partial charge on any atom is 0.338 e. The minimum atomic E-state index is -0.442. The zero-order valence-corrected chi connectivity index (χ0v) is 22.7. The van der Waals surface area contributed by atoms with Gasteiger partial charge < -0.3 is 4.74 Å². The minimum absolute atomic E-state index is 0.182. The van der Waals surface area contributed by atoms with Gasteiger partial charge in [0.05, 0.1) is 12.2 Å². The number of carbonyl (C=O) groups excluding carboxylic acids is 3. The van der Waals surface area contributed by atoms with E-state index in [4.69, 9.17) is 4.74 Å². The van der Waals surface area contributed by atoms with E-state index in [1.807, 2.05) is 0 Å². The predicted molar refractivity (Wildman–Crippen MR) is 150 cm³/mol. The standard InChI is InChI=1S/C33H44O4/c1-2-3-4-5-6-7-8-9-10-11-12-13-14-15-16-19-24-37-33(36)26-22-23-29-30(25-26)32(35)28-21-18-17-20-27(28)31(29)34/h17-18,20-23,25H,2-16,19,24H2,1H3. The van der Waals surface area contributed by atoms with Gasteiger partial charge >= 0.3 is 5.97 Å². The van der Waals surface area contributed by atoms with Crippen molar-refractivity contribution in [3.8, 4) is 0 Å². The first-order valence-corrected chi connectivity index (χ1v) is 14.6. The van der Waals surface area contributed by atoms with Crippen LogP contribution in [-0.4, -0.2) is 24.1 Å². The number of carbonyl (C=O) groups is 3. The summed E-state index contributed by atoms with van der Waals surface area (Å²) in [5.74, 6) is -0.848. The molecule has 0 aromatic heterocycles. The van der Waals surface area contributed by atoms with Gasteiger partial charge in [-0.3, -0.25) is 9.59 Å². The first kappa shape index (κ1) is 28.8. The third-order valence-corrected chi connectivity index (χ3v) is 7.39. The largest absolute Gasteiger partial charge is 0.462 e. The molecule has 1 aliphatic carbocycles. The SMILES string of the molecule is CCCCCCCCCCCCCCCCCCOC(=O)c1ccc2c(c1)C(=O)c1ccccc1C2=O. The Hall–Kier alpha value is -2.75. The van der Waals surface area contributed by atoms with Crippen molar-refractivity contribution < 1.29 is 19.1 Å². The molecule has 37 heavy (non-hydrogen) atoms. The summed E-state index contributed by atoms with van der Waals surface area (Å²) in [4.78, 5) is 38.1. The third kappa shape index (κ3) is 8.94. The molecule has 0 spiro atoms. The summed E-state index contributed by atoms with van der Waals surface area (Å²) in [7, 11) is 0. The van der Waals surface area contributed by atoms with Crippen LogP contribution in [0.15, 0.2) is 42.5 Å². The fourth-order valence-electron chi connectivity index (χ4n) is 5.12. The first-order chi connectivity index (χ1) is 18.1. The fourth-order valence-corrected chi connectivity index (χ4v) is 5.12. The molecule has 2 aromatic carbocycles. The molecule has 4 heteroatoms. The summed E-state index contributed by atoms with van der Waals surface area (Å²) in [6.07, 6.45) is 20.8. The number of ether oxygens (including phenoxy) is 1. The van der Waals surface area contributed by atoms with E-state index >= 15 is 0 Å². The molecule has 3 rings (SSSR count). The second-order valence-corrected chi connectivity index (χ2v) is 10.4. The molecule has 4 nitrogen and oxygen atoms in total. The molecule has 0 N–H and O–H groups in total. The molecule has 0 fully saturated rings. The zero-order valence-electron chi connectivity index (χ0n) is 22.7. The molecule has 0 saturated heterocycles. The van der Waals surface area contributed by atoms with Crippen LogP contribution >= 0.6 is 0 Å². The lowest BCUT2D eigenvalue weighted by atomic mass is 9.83. The Morgan fingerprint density at radius 3 is 1.51 bits per heavy atom. The molecule has 0 amide bonds. The summed E-state index contributed by atoms with van der Waals surface area (Å²) in [5.41, 5.74) is 1.74. The summed E-state index contributed by atoms with van der Waals surface area (Å²) in [5, 5.41) is 0. The molecular formula is C33H44O4. The Morgan fingerprint density at radius 2 is 1.00 bits per heavy atom. The highest BCUT2D eigenvalue weighted by Crippen LogP contribution is 2.28. The van der Waals surface area contributed by atoms with Gasteiger partial charge in [0, 0.05) is 22.3 Å². The zero-order chi connectivity index (χ0) is 26.3. The Balaban J connectivity index is 1.23. The summed E-state index contributed by atoms with van der Waals surface area (Å²) in [6.45, 7) is 2.65. The van der Waals surface area contributed by atoms with Crippen LogP contribution in [0.3, 0.4) is 0 Å². The molecule has 0 aliphatic heterocycles. The number of esters is 1. The van der Waals surface area contributed by atoms with E-state index in [9.17, 15) is 14.4 Å². The van der Waals surface area contributed by atoms with Crippen molar-refractivity contribution in [2.75, 3.05) is 6.61 Å². The highest BCUT2D eigenvalue weighted by atomic mass is 16.5. The average molecular weight is 505 g/mol. The molecule has 0 radical (unpaired) electrons. The van der Waals surface area contributed by atoms with E-state index in [1.54, 1.807) is 36.4 Å². The topological polar surface area (TPSA) is 60.4 Å². The number of benzene rings is 2. The van der Waals surface area contributed by atoms with Crippen molar-refractivity contribution in [1.82, 2.24) is 0 Å².